The first kappa shape index (κ1) is 16.3. The molecule has 0 aliphatic rings. The third-order valence-corrected chi connectivity index (χ3v) is 4.73. The predicted octanol–water partition coefficient (Wildman–Crippen LogP) is 4.05. The molecule has 7 heteroatoms. The number of nitrogens with zero attached hydrogens (tertiary/aromatic N) is 3. The monoisotopic (exact) mass is 342 g/mol. The van der Waals surface area contributed by atoms with Gasteiger partial charge in [-0.15, -0.1) is 11.3 Å². The molecule has 0 spiro atoms. The van der Waals surface area contributed by atoms with Crippen molar-refractivity contribution >= 4 is 22.9 Å². The fourth-order valence-electron chi connectivity index (χ4n) is 2.09. The molecule has 0 unspecified atom stereocenters. The summed E-state index contributed by atoms with van der Waals surface area (Å²) in [4.78, 5) is 21.7. The molecule has 0 radical (unpaired) electrons. The van der Waals surface area contributed by atoms with Crippen molar-refractivity contribution in [1.82, 2.24) is 15.1 Å². The Morgan fingerprint density at radius 2 is 2.00 bits per heavy atom. The fraction of sp³-hybridized carbons (Fsp3) is 0.294. The normalized spacial score (nSPS) is 11.5. The Hall–Kier alpha value is -2.54. The van der Waals surface area contributed by atoms with Gasteiger partial charge in [-0.05, 0) is 19.1 Å². The standard InChI is InChI=1S/C17H18N4O2S/c1-10-19-15(23-21-10)11-7-5-6-8-12(11)20-14(22)13-9-18-16(24-13)17(2,3)4/h5-9H,1-4H3,(H,20,22). The highest BCUT2D eigenvalue weighted by atomic mass is 32.1. The Morgan fingerprint density at radius 3 is 2.62 bits per heavy atom. The minimum atomic E-state index is -0.202. The Kier molecular flexibility index (Phi) is 4.19. The molecule has 0 saturated carbocycles. The second kappa shape index (κ2) is 6.16. The number of thiazole rings is 1. The number of carbonyl (C=O) groups is 1. The van der Waals surface area contributed by atoms with Crippen LogP contribution in [0, 0.1) is 6.92 Å². The van der Waals surface area contributed by atoms with Crippen molar-refractivity contribution in [1.29, 1.82) is 0 Å². The third kappa shape index (κ3) is 3.35. The molecule has 3 rings (SSSR count). The van der Waals surface area contributed by atoms with E-state index in [0.717, 1.165) is 5.01 Å². The van der Waals surface area contributed by atoms with Crippen molar-refractivity contribution in [3.63, 3.8) is 0 Å². The molecule has 0 aliphatic heterocycles. The zero-order chi connectivity index (χ0) is 17.3. The van der Waals surface area contributed by atoms with E-state index in [1.807, 2.05) is 18.2 Å². The minimum absolute atomic E-state index is 0.0810. The molecule has 24 heavy (non-hydrogen) atoms. The van der Waals surface area contributed by atoms with Crippen LogP contribution in [-0.2, 0) is 5.41 Å². The summed E-state index contributed by atoms with van der Waals surface area (Å²) >= 11 is 1.40. The van der Waals surface area contributed by atoms with E-state index in [1.165, 1.54) is 11.3 Å². The third-order valence-electron chi connectivity index (χ3n) is 3.30. The van der Waals surface area contributed by atoms with Crippen LogP contribution in [0.15, 0.2) is 35.0 Å². The van der Waals surface area contributed by atoms with Crippen molar-refractivity contribution in [3.8, 4) is 11.5 Å². The summed E-state index contributed by atoms with van der Waals surface area (Å²) in [6, 6.07) is 7.33. The molecular formula is C17H18N4O2S. The molecule has 6 nitrogen and oxygen atoms in total. The summed E-state index contributed by atoms with van der Waals surface area (Å²) in [5.74, 6) is 0.721. The number of benzene rings is 1. The molecule has 2 heterocycles. The molecule has 0 saturated heterocycles. The maximum atomic E-state index is 12.5. The minimum Gasteiger partial charge on any atom is -0.334 e. The smallest absolute Gasteiger partial charge is 0.267 e. The molecule has 1 amide bonds. The predicted molar refractivity (Wildman–Crippen MR) is 93.2 cm³/mol. The van der Waals surface area contributed by atoms with Gasteiger partial charge < -0.3 is 9.84 Å². The largest absolute Gasteiger partial charge is 0.334 e. The van der Waals surface area contributed by atoms with Crippen LogP contribution in [-0.4, -0.2) is 21.0 Å². The summed E-state index contributed by atoms with van der Waals surface area (Å²) < 4.78 is 5.20. The van der Waals surface area contributed by atoms with Gasteiger partial charge in [0.1, 0.15) is 4.88 Å². The maximum absolute atomic E-state index is 12.5. The van der Waals surface area contributed by atoms with Gasteiger partial charge >= 0.3 is 0 Å². The lowest BCUT2D eigenvalue weighted by atomic mass is 9.98. The lowest BCUT2D eigenvalue weighted by molar-refractivity contribution is 0.103. The number of hydrogen-bond donors (Lipinski definition) is 1. The average molecular weight is 342 g/mol. The van der Waals surface area contributed by atoms with Crippen molar-refractivity contribution in [2.45, 2.75) is 33.1 Å². The number of aromatic nitrogens is 3. The van der Waals surface area contributed by atoms with Crippen LogP contribution in [0.2, 0.25) is 0 Å². The van der Waals surface area contributed by atoms with E-state index < -0.39 is 0 Å². The van der Waals surface area contributed by atoms with Crippen molar-refractivity contribution in [2.75, 3.05) is 5.32 Å². The molecule has 3 aromatic rings. The number of rotatable bonds is 3. The van der Waals surface area contributed by atoms with Gasteiger partial charge in [-0.25, -0.2) is 4.98 Å². The molecule has 124 valence electrons. The molecule has 0 atom stereocenters. The number of carbonyl (C=O) groups excluding carboxylic acids is 1. The number of anilines is 1. The van der Waals surface area contributed by atoms with Crippen LogP contribution in [0.5, 0.6) is 0 Å². The van der Waals surface area contributed by atoms with E-state index in [4.69, 9.17) is 4.52 Å². The van der Waals surface area contributed by atoms with E-state index in [9.17, 15) is 4.79 Å². The Bertz CT molecular complexity index is 877. The number of amides is 1. The molecular weight excluding hydrogens is 324 g/mol. The van der Waals surface area contributed by atoms with Crippen LogP contribution in [0.3, 0.4) is 0 Å². The summed E-state index contributed by atoms with van der Waals surface area (Å²) in [5.41, 5.74) is 1.23. The molecule has 1 aromatic carbocycles. The second-order valence-corrected chi connectivity index (χ2v) is 7.46. The zero-order valence-electron chi connectivity index (χ0n) is 14.0. The van der Waals surface area contributed by atoms with E-state index >= 15 is 0 Å². The van der Waals surface area contributed by atoms with E-state index in [2.05, 4.69) is 41.2 Å². The van der Waals surface area contributed by atoms with Gasteiger partial charge in [-0.3, -0.25) is 4.79 Å². The molecule has 2 aromatic heterocycles. The van der Waals surface area contributed by atoms with Crippen LogP contribution in [0.1, 0.15) is 41.3 Å². The van der Waals surface area contributed by atoms with Crippen LogP contribution in [0.25, 0.3) is 11.5 Å². The van der Waals surface area contributed by atoms with Gasteiger partial charge in [0.15, 0.2) is 5.82 Å². The fourth-order valence-corrected chi connectivity index (χ4v) is 2.96. The number of aryl methyl sites for hydroxylation is 1. The first-order valence-electron chi connectivity index (χ1n) is 7.52. The Morgan fingerprint density at radius 1 is 1.25 bits per heavy atom. The van der Waals surface area contributed by atoms with Gasteiger partial charge in [0.2, 0.25) is 0 Å². The van der Waals surface area contributed by atoms with Crippen LogP contribution >= 0.6 is 11.3 Å². The summed E-state index contributed by atoms with van der Waals surface area (Å²) in [6.07, 6.45) is 1.61. The summed E-state index contributed by atoms with van der Waals surface area (Å²) in [5, 5.41) is 7.62. The topological polar surface area (TPSA) is 80.9 Å². The van der Waals surface area contributed by atoms with E-state index in [1.54, 1.807) is 19.2 Å². The van der Waals surface area contributed by atoms with E-state index in [0.29, 0.717) is 27.8 Å². The average Bonchev–Trinajstić information content (AvgIpc) is 3.16. The van der Waals surface area contributed by atoms with Crippen molar-refractivity contribution in [3.05, 3.63) is 46.2 Å². The lowest BCUT2D eigenvalue weighted by Gasteiger charge is -2.13. The SMILES string of the molecule is Cc1noc(-c2ccccc2NC(=O)c2cnc(C(C)(C)C)s2)n1. The van der Waals surface area contributed by atoms with E-state index in [-0.39, 0.29) is 11.3 Å². The van der Waals surface area contributed by atoms with Crippen LogP contribution < -0.4 is 5.32 Å². The molecule has 0 bridgehead atoms. The molecule has 1 N–H and O–H groups in total. The Balaban J connectivity index is 1.86. The first-order valence-corrected chi connectivity index (χ1v) is 8.33. The lowest BCUT2D eigenvalue weighted by Crippen LogP contribution is -2.11. The summed E-state index contributed by atoms with van der Waals surface area (Å²) in [7, 11) is 0. The number of nitrogens with one attached hydrogen (secondary N) is 1. The van der Waals surface area contributed by atoms with Gasteiger partial charge in [-0.1, -0.05) is 38.1 Å². The highest BCUT2D eigenvalue weighted by Gasteiger charge is 2.21. The van der Waals surface area contributed by atoms with Crippen LogP contribution in [0.4, 0.5) is 5.69 Å². The van der Waals surface area contributed by atoms with Crippen molar-refractivity contribution < 1.29 is 9.32 Å². The highest BCUT2D eigenvalue weighted by molar-refractivity contribution is 7.13. The Labute approximate surface area is 143 Å². The summed E-state index contributed by atoms with van der Waals surface area (Å²) in [6.45, 7) is 7.96. The second-order valence-electron chi connectivity index (χ2n) is 6.43. The zero-order valence-corrected chi connectivity index (χ0v) is 14.8. The number of para-hydroxylation sites is 1. The molecule has 0 fully saturated rings. The van der Waals surface area contributed by atoms with Gasteiger partial charge in [-0.2, -0.15) is 4.98 Å². The van der Waals surface area contributed by atoms with Gasteiger partial charge in [0.05, 0.1) is 22.5 Å². The van der Waals surface area contributed by atoms with Gasteiger partial charge in [0, 0.05) is 5.41 Å². The number of hydrogen-bond acceptors (Lipinski definition) is 6. The highest BCUT2D eigenvalue weighted by Crippen LogP contribution is 2.29. The maximum Gasteiger partial charge on any atom is 0.267 e. The molecule has 0 aliphatic carbocycles. The van der Waals surface area contributed by atoms with Gasteiger partial charge in [0.25, 0.3) is 11.8 Å². The first-order chi connectivity index (χ1) is 11.3. The quantitative estimate of drug-likeness (QED) is 0.776. The van der Waals surface area contributed by atoms with Crippen molar-refractivity contribution in [2.24, 2.45) is 0 Å².